The van der Waals surface area contributed by atoms with Crippen LogP contribution in [0.2, 0.25) is 0 Å². The van der Waals surface area contributed by atoms with Crippen LogP contribution in [0.3, 0.4) is 0 Å². The van der Waals surface area contributed by atoms with E-state index in [0.29, 0.717) is 5.56 Å². The van der Waals surface area contributed by atoms with Gasteiger partial charge in [0, 0.05) is 0 Å². The van der Waals surface area contributed by atoms with Crippen molar-refractivity contribution >= 4 is 5.91 Å². The Morgan fingerprint density at radius 2 is 1.83 bits per heavy atom. The first-order chi connectivity index (χ1) is 8.59. The molecule has 2 nitrogen and oxygen atoms in total. The van der Waals surface area contributed by atoms with E-state index in [-0.39, 0.29) is 5.82 Å². The Bertz CT molecular complexity index is 566. The maximum Gasteiger partial charge on any atom is 0.224 e. The molecule has 2 aromatic carbocycles. The van der Waals surface area contributed by atoms with Crippen LogP contribution >= 0.6 is 0 Å². The zero-order valence-electron chi connectivity index (χ0n) is 10.1. The van der Waals surface area contributed by atoms with E-state index < -0.39 is 11.8 Å². The summed E-state index contributed by atoms with van der Waals surface area (Å²) in [5.41, 5.74) is 7.70. The lowest BCUT2D eigenvalue weighted by atomic mass is 9.91. The Labute approximate surface area is 105 Å². The van der Waals surface area contributed by atoms with Crippen LogP contribution in [0.25, 0.3) is 11.1 Å². The summed E-state index contributed by atoms with van der Waals surface area (Å²) in [5, 5.41) is 0. The number of nitrogens with two attached hydrogens (primary N) is 1. The van der Waals surface area contributed by atoms with Crippen LogP contribution < -0.4 is 5.73 Å². The number of primary amides is 1. The topological polar surface area (TPSA) is 43.1 Å². The van der Waals surface area contributed by atoms with Crippen molar-refractivity contribution in [3.8, 4) is 11.1 Å². The van der Waals surface area contributed by atoms with Gasteiger partial charge in [0.25, 0.3) is 0 Å². The highest BCUT2D eigenvalue weighted by Gasteiger charge is 2.17. The molecule has 1 amide bonds. The smallest absolute Gasteiger partial charge is 0.224 e. The van der Waals surface area contributed by atoms with Gasteiger partial charge in [0.15, 0.2) is 0 Å². The van der Waals surface area contributed by atoms with E-state index in [4.69, 9.17) is 5.73 Å². The second-order valence-electron chi connectivity index (χ2n) is 4.22. The highest BCUT2D eigenvalue weighted by atomic mass is 19.1. The Kier molecular flexibility index (Phi) is 3.42. The second-order valence-corrected chi connectivity index (χ2v) is 4.22. The number of halogens is 1. The van der Waals surface area contributed by atoms with Crippen molar-refractivity contribution < 1.29 is 9.18 Å². The third-order valence-corrected chi connectivity index (χ3v) is 2.99. The highest BCUT2D eigenvalue weighted by molar-refractivity contribution is 5.84. The van der Waals surface area contributed by atoms with Crippen molar-refractivity contribution in [2.75, 3.05) is 0 Å². The summed E-state index contributed by atoms with van der Waals surface area (Å²) in [6.45, 7) is 1.68. The SMILES string of the molecule is CC(C(N)=O)c1cc(F)ccc1-c1ccccc1. The van der Waals surface area contributed by atoms with Crippen molar-refractivity contribution in [3.05, 3.63) is 59.9 Å². The van der Waals surface area contributed by atoms with Gasteiger partial charge in [0.2, 0.25) is 5.91 Å². The molecular weight excluding hydrogens is 229 g/mol. The van der Waals surface area contributed by atoms with E-state index in [9.17, 15) is 9.18 Å². The van der Waals surface area contributed by atoms with Gasteiger partial charge < -0.3 is 5.73 Å². The van der Waals surface area contributed by atoms with Gasteiger partial charge in [-0.15, -0.1) is 0 Å². The molecule has 0 saturated carbocycles. The molecule has 0 bridgehead atoms. The Balaban J connectivity index is 2.57. The molecule has 0 aliphatic carbocycles. The molecule has 0 heterocycles. The highest BCUT2D eigenvalue weighted by Crippen LogP contribution is 2.29. The average molecular weight is 243 g/mol. The molecule has 1 atom stereocenters. The fourth-order valence-electron chi connectivity index (χ4n) is 1.93. The summed E-state index contributed by atoms with van der Waals surface area (Å²) in [5.74, 6) is -1.34. The normalized spacial score (nSPS) is 12.1. The predicted octanol–water partition coefficient (Wildman–Crippen LogP) is 3.08. The molecular formula is C15H14FNO. The van der Waals surface area contributed by atoms with Crippen LogP contribution in [0.5, 0.6) is 0 Å². The largest absolute Gasteiger partial charge is 0.369 e. The lowest BCUT2D eigenvalue weighted by Crippen LogP contribution is -2.19. The van der Waals surface area contributed by atoms with Gasteiger partial charge in [-0.05, 0) is 35.7 Å². The van der Waals surface area contributed by atoms with Gasteiger partial charge in [0.05, 0.1) is 5.92 Å². The third kappa shape index (κ3) is 2.40. The number of hydrogen-bond acceptors (Lipinski definition) is 1. The quantitative estimate of drug-likeness (QED) is 0.884. The molecule has 0 radical (unpaired) electrons. The molecule has 18 heavy (non-hydrogen) atoms. The molecule has 2 rings (SSSR count). The fraction of sp³-hybridized carbons (Fsp3) is 0.133. The molecule has 0 saturated heterocycles. The average Bonchev–Trinajstić information content (AvgIpc) is 2.38. The summed E-state index contributed by atoms with van der Waals surface area (Å²) < 4.78 is 13.3. The summed E-state index contributed by atoms with van der Waals surface area (Å²) in [4.78, 5) is 11.3. The monoisotopic (exact) mass is 243 g/mol. The number of carbonyl (C=O) groups excluding carboxylic acids is 1. The Morgan fingerprint density at radius 3 is 2.44 bits per heavy atom. The van der Waals surface area contributed by atoms with Gasteiger partial charge in [-0.3, -0.25) is 4.79 Å². The molecule has 92 valence electrons. The second kappa shape index (κ2) is 5.00. The van der Waals surface area contributed by atoms with Gasteiger partial charge in [-0.1, -0.05) is 36.4 Å². The zero-order chi connectivity index (χ0) is 13.1. The van der Waals surface area contributed by atoms with Crippen molar-refractivity contribution in [3.63, 3.8) is 0 Å². The van der Waals surface area contributed by atoms with Crippen molar-refractivity contribution in [2.45, 2.75) is 12.8 Å². The summed E-state index contributed by atoms with van der Waals surface area (Å²) in [6, 6.07) is 14.0. The van der Waals surface area contributed by atoms with E-state index in [1.807, 2.05) is 30.3 Å². The van der Waals surface area contributed by atoms with Crippen LogP contribution in [0.1, 0.15) is 18.4 Å². The van der Waals surface area contributed by atoms with E-state index in [1.54, 1.807) is 13.0 Å². The molecule has 0 aromatic heterocycles. The van der Waals surface area contributed by atoms with Gasteiger partial charge in [-0.25, -0.2) is 4.39 Å². The molecule has 0 fully saturated rings. The lowest BCUT2D eigenvalue weighted by molar-refractivity contribution is -0.119. The third-order valence-electron chi connectivity index (χ3n) is 2.99. The first-order valence-corrected chi connectivity index (χ1v) is 5.74. The standard InChI is InChI=1S/C15H14FNO/c1-10(15(17)18)14-9-12(16)7-8-13(14)11-5-3-2-4-6-11/h2-10H,1H3,(H2,17,18). The molecule has 0 aliphatic heterocycles. The summed E-state index contributed by atoms with van der Waals surface area (Å²) >= 11 is 0. The van der Waals surface area contributed by atoms with E-state index >= 15 is 0 Å². The van der Waals surface area contributed by atoms with Crippen LogP contribution in [0.4, 0.5) is 4.39 Å². The van der Waals surface area contributed by atoms with Crippen molar-refractivity contribution in [2.24, 2.45) is 5.73 Å². The minimum Gasteiger partial charge on any atom is -0.369 e. The van der Waals surface area contributed by atoms with Crippen molar-refractivity contribution in [1.29, 1.82) is 0 Å². The summed E-state index contributed by atoms with van der Waals surface area (Å²) in [6.07, 6.45) is 0. The minimum absolute atomic E-state index is 0.363. The van der Waals surface area contributed by atoms with Gasteiger partial charge in [-0.2, -0.15) is 0 Å². The van der Waals surface area contributed by atoms with E-state index in [1.165, 1.54) is 12.1 Å². The maximum atomic E-state index is 13.3. The van der Waals surface area contributed by atoms with Crippen LogP contribution in [0, 0.1) is 5.82 Å². The maximum absolute atomic E-state index is 13.3. The molecule has 2 aromatic rings. The molecule has 0 aliphatic rings. The number of rotatable bonds is 3. The van der Waals surface area contributed by atoms with Gasteiger partial charge >= 0.3 is 0 Å². The predicted molar refractivity (Wildman–Crippen MR) is 69.4 cm³/mol. The summed E-state index contributed by atoms with van der Waals surface area (Å²) in [7, 11) is 0. The number of hydrogen-bond donors (Lipinski definition) is 1. The van der Waals surface area contributed by atoms with E-state index in [0.717, 1.165) is 11.1 Å². The molecule has 2 N–H and O–H groups in total. The van der Waals surface area contributed by atoms with Crippen LogP contribution in [0.15, 0.2) is 48.5 Å². The van der Waals surface area contributed by atoms with Crippen LogP contribution in [-0.4, -0.2) is 5.91 Å². The Morgan fingerprint density at radius 1 is 1.17 bits per heavy atom. The Hall–Kier alpha value is -2.16. The van der Waals surface area contributed by atoms with Crippen LogP contribution in [-0.2, 0) is 4.79 Å². The molecule has 3 heteroatoms. The number of benzene rings is 2. The fourth-order valence-corrected chi connectivity index (χ4v) is 1.93. The number of amides is 1. The van der Waals surface area contributed by atoms with Crippen molar-refractivity contribution in [1.82, 2.24) is 0 Å². The number of carbonyl (C=O) groups is 1. The first-order valence-electron chi connectivity index (χ1n) is 5.74. The molecule has 0 spiro atoms. The molecule has 1 unspecified atom stereocenters. The minimum atomic E-state index is -0.518. The van der Waals surface area contributed by atoms with E-state index in [2.05, 4.69) is 0 Å². The van der Waals surface area contributed by atoms with Gasteiger partial charge in [0.1, 0.15) is 5.82 Å². The lowest BCUT2D eigenvalue weighted by Gasteiger charge is -2.14. The zero-order valence-corrected chi connectivity index (χ0v) is 10.1. The first kappa shape index (κ1) is 12.3.